The Hall–Kier alpha value is -1.83. The quantitative estimate of drug-likeness (QED) is 0.428. The third-order valence-corrected chi connectivity index (χ3v) is 5.57. The molecule has 0 spiro atoms. The molecule has 0 aliphatic heterocycles. The Kier molecular flexibility index (Phi) is 8.84. The van der Waals surface area contributed by atoms with E-state index in [1.807, 2.05) is 31.2 Å². The Morgan fingerprint density at radius 2 is 2.00 bits per heavy atom. The van der Waals surface area contributed by atoms with Crippen molar-refractivity contribution in [1.29, 1.82) is 0 Å². The number of hydrogen-bond acceptors (Lipinski definition) is 6. The van der Waals surface area contributed by atoms with Gasteiger partial charge in [-0.15, -0.1) is 11.3 Å². The lowest BCUT2D eigenvalue weighted by Gasteiger charge is -2.19. The number of nitrogens with one attached hydrogen (secondary N) is 1. The molecule has 0 saturated heterocycles. The molecule has 1 heterocycles. The number of carbonyl (C=O) groups is 2. The molecule has 2 atom stereocenters. The van der Waals surface area contributed by atoms with Crippen LogP contribution in [0, 0.1) is 5.92 Å². The van der Waals surface area contributed by atoms with Crippen molar-refractivity contribution >= 4 is 33.2 Å². The maximum Gasteiger partial charge on any atom is 0.223 e. The molecule has 3 N–H and O–H groups in total. The van der Waals surface area contributed by atoms with Gasteiger partial charge in [0.15, 0.2) is 5.01 Å². The maximum atomic E-state index is 13.0. The summed E-state index contributed by atoms with van der Waals surface area (Å²) in [6, 6.07) is 7.11. The van der Waals surface area contributed by atoms with Crippen molar-refractivity contribution in [3.63, 3.8) is 0 Å². The second kappa shape index (κ2) is 11.1. The summed E-state index contributed by atoms with van der Waals surface area (Å²) >= 11 is 1.37. The van der Waals surface area contributed by atoms with Crippen LogP contribution in [-0.4, -0.2) is 43.0 Å². The standard InChI is InChI=1S/C20H29N3O3S/c1-14(8-7-13-26-2)19(25)22-16(10-5-6-12-21)18(24)20-23-15-9-3-4-11-17(15)27-20/h3-4,9,11,14,16H,5-8,10,12-13,21H2,1-2H3,(H,22,25)/t14?,16-/m0/s1. The van der Waals surface area contributed by atoms with E-state index in [-0.39, 0.29) is 17.6 Å². The van der Waals surface area contributed by atoms with Crippen LogP contribution in [0.3, 0.4) is 0 Å². The van der Waals surface area contributed by atoms with Gasteiger partial charge in [-0.05, 0) is 50.8 Å². The van der Waals surface area contributed by atoms with Gasteiger partial charge in [0.1, 0.15) is 0 Å². The van der Waals surface area contributed by atoms with Gasteiger partial charge in [-0.2, -0.15) is 0 Å². The van der Waals surface area contributed by atoms with Gasteiger partial charge in [0.05, 0.1) is 16.3 Å². The molecule has 27 heavy (non-hydrogen) atoms. The number of unbranched alkanes of at least 4 members (excludes halogenated alkanes) is 1. The number of hydrogen-bond donors (Lipinski definition) is 2. The lowest BCUT2D eigenvalue weighted by Crippen LogP contribution is -2.43. The Morgan fingerprint density at radius 3 is 2.70 bits per heavy atom. The summed E-state index contributed by atoms with van der Waals surface area (Å²) in [6.45, 7) is 3.08. The van der Waals surface area contributed by atoms with Crippen molar-refractivity contribution < 1.29 is 14.3 Å². The molecule has 6 nitrogen and oxygen atoms in total. The molecule has 148 valence electrons. The molecule has 7 heteroatoms. The Morgan fingerprint density at radius 1 is 1.22 bits per heavy atom. The van der Waals surface area contributed by atoms with E-state index in [0.717, 1.165) is 35.9 Å². The first-order valence-corrected chi connectivity index (χ1v) is 10.3. The van der Waals surface area contributed by atoms with Gasteiger partial charge >= 0.3 is 0 Å². The van der Waals surface area contributed by atoms with E-state index in [1.54, 1.807) is 7.11 Å². The highest BCUT2D eigenvalue weighted by atomic mass is 32.1. The summed E-state index contributed by atoms with van der Waals surface area (Å²) in [5, 5.41) is 3.39. The Balaban J connectivity index is 2.07. The minimum Gasteiger partial charge on any atom is -0.385 e. The first-order chi connectivity index (χ1) is 13.1. The summed E-state index contributed by atoms with van der Waals surface area (Å²) in [4.78, 5) is 30.0. The number of carbonyl (C=O) groups excluding carboxylic acids is 2. The molecular formula is C20H29N3O3S. The summed E-state index contributed by atoms with van der Waals surface area (Å²) in [5.41, 5.74) is 6.39. The zero-order valence-electron chi connectivity index (χ0n) is 16.1. The fourth-order valence-electron chi connectivity index (χ4n) is 2.87. The first kappa shape index (κ1) is 21.5. The molecule has 2 aromatic rings. The summed E-state index contributed by atoms with van der Waals surface area (Å²) in [6.07, 6.45) is 3.72. The van der Waals surface area contributed by atoms with Gasteiger partial charge in [-0.3, -0.25) is 9.59 Å². The zero-order valence-corrected chi connectivity index (χ0v) is 16.9. The minimum absolute atomic E-state index is 0.0988. The van der Waals surface area contributed by atoms with Crippen LogP contribution < -0.4 is 11.1 Å². The van der Waals surface area contributed by atoms with Gasteiger partial charge in [0.2, 0.25) is 11.7 Å². The third kappa shape index (κ3) is 6.37. The number of nitrogens with two attached hydrogens (primary N) is 1. The van der Waals surface area contributed by atoms with E-state index in [1.165, 1.54) is 11.3 Å². The molecule has 0 saturated carbocycles. The highest BCUT2D eigenvalue weighted by molar-refractivity contribution is 7.20. The van der Waals surface area contributed by atoms with Crippen LogP contribution in [0.4, 0.5) is 0 Å². The second-order valence-corrected chi connectivity index (χ2v) is 7.76. The summed E-state index contributed by atoms with van der Waals surface area (Å²) in [5.74, 6) is -0.385. The van der Waals surface area contributed by atoms with Gasteiger partial charge in [0, 0.05) is 19.6 Å². The van der Waals surface area contributed by atoms with Crippen LogP contribution in [0.2, 0.25) is 0 Å². The lowest BCUT2D eigenvalue weighted by molar-refractivity contribution is -0.125. The van der Waals surface area contributed by atoms with Crippen molar-refractivity contribution in [2.45, 2.75) is 45.1 Å². The smallest absolute Gasteiger partial charge is 0.223 e. The number of para-hydroxylation sites is 1. The van der Waals surface area contributed by atoms with Gasteiger partial charge in [-0.25, -0.2) is 4.98 Å². The molecule has 1 aromatic heterocycles. The Labute approximate surface area is 164 Å². The van der Waals surface area contributed by atoms with E-state index >= 15 is 0 Å². The molecule has 1 amide bonds. The summed E-state index contributed by atoms with van der Waals surface area (Å²) in [7, 11) is 1.65. The average molecular weight is 392 g/mol. The number of ether oxygens (including phenoxy) is 1. The van der Waals surface area contributed by atoms with Crippen LogP contribution in [0.1, 0.15) is 48.8 Å². The van der Waals surface area contributed by atoms with Gasteiger partial charge in [-0.1, -0.05) is 19.1 Å². The van der Waals surface area contributed by atoms with Crippen molar-refractivity contribution in [3.05, 3.63) is 29.3 Å². The highest BCUT2D eigenvalue weighted by Gasteiger charge is 2.26. The van der Waals surface area contributed by atoms with Gasteiger partial charge in [0.25, 0.3) is 0 Å². The highest BCUT2D eigenvalue weighted by Crippen LogP contribution is 2.23. The molecule has 0 fully saturated rings. The number of ketones is 1. The van der Waals surface area contributed by atoms with Crippen LogP contribution >= 0.6 is 11.3 Å². The van der Waals surface area contributed by atoms with Crippen LogP contribution in [-0.2, 0) is 9.53 Å². The number of aromatic nitrogens is 1. The number of thiazole rings is 1. The lowest BCUT2D eigenvalue weighted by atomic mass is 10.0. The molecule has 0 aliphatic rings. The fourth-order valence-corrected chi connectivity index (χ4v) is 3.83. The predicted molar refractivity (Wildman–Crippen MR) is 109 cm³/mol. The number of rotatable bonds is 12. The van der Waals surface area contributed by atoms with Crippen molar-refractivity contribution in [1.82, 2.24) is 10.3 Å². The molecule has 0 radical (unpaired) electrons. The first-order valence-electron chi connectivity index (χ1n) is 9.46. The molecular weight excluding hydrogens is 362 g/mol. The SMILES string of the molecule is COCCCC(C)C(=O)N[C@@H](CCCCN)C(=O)c1nc2ccccc2s1. The number of fused-ring (bicyclic) bond motifs is 1. The minimum atomic E-state index is -0.561. The second-order valence-electron chi connectivity index (χ2n) is 6.73. The molecule has 0 aliphatic carbocycles. The topological polar surface area (TPSA) is 94.3 Å². The fraction of sp³-hybridized carbons (Fsp3) is 0.550. The van der Waals surface area contributed by atoms with Crippen LogP contribution in [0.5, 0.6) is 0 Å². The normalized spacial score (nSPS) is 13.4. The molecule has 1 aromatic carbocycles. The van der Waals surface area contributed by atoms with E-state index in [4.69, 9.17) is 10.5 Å². The average Bonchev–Trinajstić information content (AvgIpc) is 3.11. The number of methoxy groups -OCH3 is 1. The van der Waals surface area contributed by atoms with E-state index in [2.05, 4.69) is 10.3 Å². The van der Waals surface area contributed by atoms with Gasteiger partial charge < -0.3 is 15.8 Å². The van der Waals surface area contributed by atoms with E-state index in [9.17, 15) is 9.59 Å². The largest absolute Gasteiger partial charge is 0.385 e. The monoisotopic (exact) mass is 391 g/mol. The van der Waals surface area contributed by atoms with Crippen molar-refractivity contribution in [2.75, 3.05) is 20.3 Å². The van der Waals surface area contributed by atoms with E-state index in [0.29, 0.717) is 24.6 Å². The number of Topliss-reactive ketones (excluding diaryl/α,β-unsaturated/α-hetero) is 1. The van der Waals surface area contributed by atoms with Crippen molar-refractivity contribution in [3.8, 4) is 0 Å². The van der Waals surface area contributed by atoms with Crippen molar-refractivity contribution in [2.24, 2.45) is 11.7 Å². The number of benzene rings is 1. The van der Waals surface area contributed by atoms with E-state index < -0.39 is 6.04 Å². The molecule has 0 bridgehead atoms. The number of nitrogens with zero attached hydrogens (tertiary/aromatic N) is 1. The molecule has 2 rings (SSSR count). The number of amides is 1. The zero-order chi connectivity index (χ0) is 19.6. The van der Waals surface area contributed by atoms with Crippen LogP contribution in [0.15, 0.2) is 24.3 Å². The maximum absolute atomic E-state index is 13.0. The third-order valence-electron chi connectivity index (χ3n) is 4.52. The Bertz CT molecular complexity index is 714. The molecule has 1 unspecified atom stereocenters. The summed E-state index contributed by atoms with van der Waals surface area (Å²) < 4.78 is 6.01. The van der Waals surface area contributed by atoms with Crippen LogP contribution in [0.25, 0.3) is 10.2 Å². The predicted octanol–water partition coefficient (Wildman–Crippen LogP) is 3.16.